The van der Waals surface area contributed by atoms with Crippen molar-refractivity contribution in [3.63, 3.8) is 0 Å². The lowest BCUT2D eigenvalue weighted by Crippen LogP contribution is -2.59. The van der Waals surface area contributed by atoms with E-state index in [1.807, 2.05) is 6.08 Å². The number of rotatable bonds is 1. The van der Waals surface area contributed by atoms with Crippen LogP contribution in [0.2, 0.25) is 0 Å². The van der Waals surface area contributed by atoms with Crippen LogP contribution in [0.5, 0.6) is 0 Å². The smallest absolute Gasteiger partial charge is 0.158 e. The first-order valence-corrected chi connectivity index (χ1v) is 10.5. The van der Waals surface area contributed by atoms with E-state index in [2.05, 4.69) is 27.7 Å². The van der Waals surface area contributed by atoms with E-state index < -0.39 is 6.10 Å². The second-order valence-electron chi connectivity index (χ2n) is 10.8. The Morgan fingerprint density at radius 3 is 2.46 bits per heavy atom. The molecule has 0 radical (unpaired) electrons. The minimum absolute atomic E-state index is 0.0699. The Hall–Kier alpha value is -0.960. The van der Waals surface area contributed by atoms with Crippen LogP contribution in [-0.4, -0.2) is 22.8 Å². The van der Waals surface area contributed by atoms with E-state index in [0.717, 1.165) is 32.1 Å². The third-order valence-corrected chi connectivity index (χ3v) is 9.15. The number of carbonyl (C=O) groups is 2. The van der Waals surface area contributed by atoms with Crippen molar-refractivity contribution in [3.05, 3.63) is 11.6 Å². The van der Waals surface area contributed by atoms with Crippen LogP contribution in [0.25, 0.3) is 0 Å². The maximum atomic E-state index is 12.3. The molecule has 144 valence electrons. The molecule has 0 amide bonds. The van der Waals surface area contributed by atoms with Gasteiger partial charge in [0, 0.05) is 17.8 Å². The summed E-state index contributed by atoms with van der Waals surface area (Å²) in [5, 5.41) is 11.0. The Morgan fingerprint density at radius 1 is 1.12 bits per heavy atom. The summed E-state index contributed by atoms with van der Waals surface area (Å²) < 4.78 is 0. The van der Waals surface area contributed by atoms with Crippen molar-refractivity contribution in [2.45, 2.75) is 79.2 Å². The van der Waals surface area contributed by atoms with Gasteiger partial charge >= 0.3 is 0 Å². The Labute approximate surface area is 157 Å². The summed E-state index contributed by atoms with van der Waals surface area (Å²) in [5.74, 6) is 2.18. The minimum Gasteiger partial charge on any atom is -0.392 e. The van der Waals surface area contributed by atoms with Crippen molar-refractivity contribution in [3.8, 4) is 0 Å². The van der Waals surface area contributed by atoms with Crippen molar-refractivity contribution in [1.82, 2.24) is 0 Å². The van der Waals surface area contributed by atoms with E-state index in [-0.39, 0.29) is 34.4 Å². The zero-order valence-corrected chi connectivity index (χ0v) is 17.0. The number of carbonyl (C=O) groups excluding carboxylic acids is 2. The Bertz CT molecular complexity index is 690. The van der Waals surface area contributed by atoms with Gasteiger partial charge in [0.2, 0.25) is 0 Å². The fraction of sp³-hybridized carbons (Fsp3) is 0.826. The number of aliphatic hydroxyl groups excluding tert-OH is 1. The first kappa shape index (κ1) is 18.4. The van der Waals surface area contributed by atoms with E-state index in [1.54, 1.807) is 6.92 Å². The molecule has 4 rings (SSSR count). The fourth-order valence-corrected chi connectivity index (χ4v) is 8.01. The summed E-state index contributed by atoms with van der Waals surface area (Å²) in [6.07, 6.45) is 6.94. The van der Waals surface area contributed by atoms with Gasteiger partial charge in [-0.05, 0) is 73.7 Å². The van der Waals surface area contributed by atoms with Gasteiger partial charge in [0.25, 0.3) is 0 Å². The lowest BCUT2D eigenvalue weighted by atomic mass is 9.42. The van der Waals surface area contributed by atoms with Gasteiger partial charge in [-0.2, -0.15) is 0 Å². The first-order chi connectivity index (χ1) is 12.0. The maximum absolute atomic E-state index is 12.3. The largest absolute Gasteiger partial charge is 0.392 e. The third kappa shape index (κ3) is 2.22. The van der Waals surface area contributed by atoms with E-state index in [0.29, 0.717) is 23.5 Å². The molecule has 4 aliphatic rings. The number of aliphatic hydroxyl groups is 1. The highest BCUT2D eigenvalue weighted by Crippen LogP contribution is 2.69. The van der Waals surface area contributed by atoms with Crippen LogP contribution in [0.15, 0.2) is 11.6 Å². The predicted molar refractivity (Wildman–Crippen MR) is 101 cm³/mol. The number of ketones is 2. The molecule has 0 aromatic rings. The molecule has 3 nitrogen and oxygen atoms in total. The van der Waals surface area contributed by atoms with Crippen LogP contribution in [0.1, 0.15) is 73.1 Å². The van der Waals surface area contributed by atoms with Crippen LogP contribution in [-0.2, 0) is 9.59 Å². The average Bonchev–Trinajstić information content (AvgIpc) is 2.87. The normalized spacial score (nSPS) is 49.7. The zero-order valence-electron chi connectivity index (χ0n) is 17.0. The number of fused-ring (bicyclic) bond motifs is 5. The van der Waals surface area contributed by atoms with E-state index in [9.17, 15) is 14.7 Å². The summed E-state index contributed by atoms with van der Waals surface area (Å²) >= 11 is 0. The predicted octanol–water partition coefficient (Wildman–Crippen LogP) is 4.33. The van der Waals surface area contributed by atoms with Crippen molar-refractivity contribution in [2.24, 2.45) is 39.9 Å². The average molecular weight is 359 g/mol. The topological polar surface area (TPSA) is 54.4 Å². The molecular formula is C23H34O3. The van der Waals surface area contributed by atoms with Crippen molar-refractivity contribution in [1.29, 1.82) is 0 Å². The van der Waals surface area contributed by atoms with Gasteiger partial charge in [-0.1, -0.05) is 33.3 Å². The van der Waals surface area contributed by atoms with Gasteiger partial charge in [0.05, 0.1) is 6.10 Å². The minimum atomic E-state index is -0.573. The molecule has 1 unspecified atom stereocenters. The monoisotopic (exact) mass is 358 g/mol. The lowest BCUT2D eigenvalue weighted by Gasteiger charge is -2.63. The van der Waals surface area contributed by atoms with Crippen molar-refractivity contribution in [2.75, 3.05) is 0 Å². The van der Waals surface area contributed by atoms with Gasteiger partial charge in [-0.15, -0.1) is 0 Å². The standard InChI is InChI=1S/C23H34O3/c1-13(24)16-6-7-17-15-12-21(2,3)19-10-14(25)11-20(26)23(19,5)18(15)8-9-22(16,17)4/h10,15-18,20,26H,6-9,11-12H2,1-5H3/t15-,16+,17-,18-,20?,22+,23+/m0/s1. The molecule has 0 spiro atoms. The Balaban J connectivity index is 1.78. The summed E-state index contributed by atoms with van der Waals surface area (Å²) in [6.45, 7) is 10.8. The van der Waals surface area contributed by atoms with E-state index in [1.165, 1.54) is 5.57 Å². The molecule has 0 heterocycles. The highest BCUT2D eigenvalue weighted by Gasteiger charge is 2.64. The van der Waals surface area contributed by atoms with Crippen LogP contribution in [0.4, 0.5) is 0 Å². The molecule has 0 aromatic heterocycles. The summed E-state index contributed by atoms with van der Waals surface area (Å²) in [7, 11) is 0. The molecule has 0 saturated heterocycles. The van der Waals surface area contributed by atoms with Crippen molar-refractivity contribution < 1.29 is 14.7 Å². The van der Waals surface area contributed by atoms with E-state index in [4.69, 9.17) is 0 Å². The SMILES string of the molecule is CC(=O)[C@H]1CC[C@H]2[C@@H]3CC(C)(C)C4=CC(=O)CC(O)[C@]4(C)[C@H]3CC[C@]12C. The number of hydrogen-bond acceptors (Lipinski definition) is 3. The van der Waals surface area contributed by atoms with Crippen LogP contribution < -0.4 is 0 Å². The second-order valence-corrected chi connectivity index (χ2v) is 10.8. The second kappa shape index (κ2) is 5.53. The molecule has 7 atom stereocenters. The number of hydrogen-bond donors (Lipinski definition) is 1. The quantitative estimate of drug-likeness (QED) is 0.759. The molecule has 0 aliphatic heterocycles. The van der Waals surface area contributed by atoms with Crippen LogP contribution in [0, 0.1) is 39.9 Å². The van der Waals surface area contributed by atoms with Gasteiger partial charge in [-0.3, -0.25) is 9.59 Å². The molecular weight excluding hydrogens is 324 g/mol. The lowest BCUT2D eigenvalue weighted by molar-refractivity contribution is -0.140. The number of Topliss-reactive ketones (excluding diaryl/α,β-unsaturated/α-hetero) is 1. The van der Waals surface area contributed by atoms with Gasteiger partial charge in [0.1, 0.15) is 5.78 Å². The molecule has 3 saturated carbocycles. The van der Waals surface area contributed by atoms with Gasteiger partial charge in [-0.25, -0.2) is 0 Å². The molecule has 0 bridgehead atoms. The van der Waals surface area contributed by atoms with Crippen LogP contribution in [0.3, 0.4) is 0 Å². The molecule has 0 aromatic carbocycles. The Kier molecular flexibility index (Phi) is 3.91. The Morgan fingerprint density at radius 2 is 1.81 bits per heavy atom. The molecule has 4 aliphatic carbocycles. The summed E-state index contributed by atoms with van der Waals surface area (Å²) in [5.41, 5.74) is 0.936. The van der Waals surface area contributed by atoms with Crippen molar-refractivity contribution >= 4 is 11.6 Å². The summed E-state index contributed by atoms with van der Waals surface area (Å²) in [6, 6.07) is 0. The highest BCUT2D eigenvalue weighted by atomic mass is 16.3. The highest BCUT2D eigenvalue weighted by molar-refractivity contribution is 5.92. The fourth-order valence-electron chi connectivity index (χ4n) is 8.01. The molecule has 1 N–H and O–H groups in total. The third-order valence-electron chi connectivity index (χ3n) is 9.15. The van der Waals surface area contributed by atoms with Gasteiger partial charge in [0.15, 0.2) is 5.78 Å². The van der Waals surface area contributed by atoms with Gasteiger partial charge < -0.3 is 5.11 Å². The molecule has 3 heteroatoms. The molecule has 3 fully saturated rings. The maximum Gasteiger partial charge on any atom is 0.158 e. The molecule has 26 heavy (non-hydrogen) atoms. The van der Waals surface area contributed by atoms with E-state index >= 15 is 0 Å². The zero-order chi connectivity index (χ0) is 19.1. The summed E-state index contributed by atoms with van der Waals surface area (Å²) in [4.78, 5) is 24.5. The van der Waals surface area contributed by atoms with Crippen LogP contribution >= 0.6 is 0 Å². The first-order valence-electron chi connectivity index (χ1n) is 10.5.